The number of esters is 1. The van der Waals surface area contributed by atoms with E-state index in [4.69, 9.17) is 18.9 Å². The van der Waals surface area contributed by atoms with Crippen molar-refractivity contribution in [1.29, 1.82) is 0 Å². The summed E-state index contributed by atoms with van der Waals surface area (Å²) in [5, 5.41) is 0. The number of hydrogen-bond donors (Lipinski definition) is 0. The average Bonchev–Trinajstić information content (AvgIpc) is 3.38. The molecule has 0 radical (unpaired) electrons. The molecule has 0 amide bonds. The van der Waals surface area contributed by atoms with E-state index in [2.05, 4.69) is 13.8 Å². The second-order valence-corrected chi connectivity index (χ2v) is 11.4. The maximum Gasteiger partial charge on any atom is 0.314 e. The Morgan fingerprint density at radius 3 is 2.55 bits per heavy atom. The van der Waals surface area contributed by atoms with Gasteiger partial charge in [-0.1, -0.05) is 13.8 Å². The summed E-state index contributed by atoms with van der Waals surface area (Å²) in [5.41, 5.74) is -0.132. The summed E-state index contributed by atoms with van der Waals surface area (Å²) in [6, 6.07) is 0. The number of ether oxygens (including phenoxy) is 4. The highest BCUT2D eigenvalue weighted by Crippen LogP contribution is 2.73. The zero-order valence-corrected chi connectivity index (χ0v) is 18.2. The van der Waals surface area contributed by atoms with Gasteiger partial charge in [0.2, 0.25) is 0 Å². The molecule has 0 N–H and O–H groups in total. The Bertz CT molecular complexity index is 716. The van der Waals surface area contributed by atoms with E-state index in [0.717, 1.165) is 45.3 Å². The summed E-state index contributed by atoms with van der Waals surface area (Å²) >= 11 is 0. The zero-order chi connectivity index (χ0) is 20.1. The van der Waals surface area contributed by atoms with Crippen LogP contribution in [-0.4, -0.2) is 44.8 Å². The first-order valence-corrected chi connectivity index (χ1v) is 11.9. The van der Waals surface area contributed by atoms with Crippen LogP contribution < -0.4 is 0 Å². The van der Waals surface area contributed by atoms with Gasteiger partial charge in [-0.3, -0.25) is 4.79 Å². The van der Waals surface area contributed by atoms with Gasteiger partial charge in [0.25, 0.3) is 0 Å². The smallest absolute Gasteiger partial charge is 0.314 e. The standard InChI is InChI=1S/C24H36O5/c1-21-8-9-24(28-10-11-29-24)13-15(21)4-5-16-17-6-7-23(20(25)26-3)14-27-19(12-18(16)21)22(17,23)2/h15-19H,4-14H2,1-3H3/t15-,16+,17+,18+,19+,21+,22-,23-/m1/s1. The highest BCUT2D eigenvalue weighted by molar-refractivity contribution is 5.79. The molecule has 6 aliphatic rings. The van der Waals surface area contributed by atoms with Crippen LogP contribution in [0.2, 0.25) is 0 Å². The van der Waals surface area contributed by atoms with Gasteiger partial charge < -0.3 is 18.9 Å². The molecule has 6 rings (SSSR count). The lowest BCUT2D eigenvalue weighted by Crippen LogP contribution is -2.60. The minimum absolute atomic E-state index is 0.0292. The van der Waals surface area contributed by atoms with Crippen molar-refractivity contribution in [2.75, 3.05) is 26.9 Å². The van der Waals surface area contributed by atoms with Gasteiger partial charge in [-0.15, -0.1) is 0 Å². The predicted octanol–water partition coefficient (Wildman–Crippen LogP) is 3.94. The number of carbonyl (C=O) groups is 1. The molecule has 4 saturated carbocycles. The van der Waals surface area contributed by atoms with Crippen LogP contribution in [0.15, 0.2) is 0 Å². The van der Waals surface area contributed by atoms with Gasteiger partial charge >= 0.3 is 5.97 Å². The summed E-state index contributed by atoms with van der Waals surface area (Å²) in [5.74, 6) is 2.34. The molecular weight excluding hydrogens is 368 g/mol. The van der Waals surface area contributed by atoms with Gasteiger partial charge in [0.15, 0.2) is 5.79 Å². The summed E-state index contributed by atoms with van der Waals surface area (Å²) < 4.78 is 24.0. The van der Waals surface area contributed by atoms with E-state index < -0.39 is 5.41 Å². The monoisotopic (exact) mass is 404 g/mol. The molecule has 162 valence electrons. The predicted molar refractivity (Wildman–Crippen MR) is 106 cm³/mol. The van der Waals surface area contributed by atoms with E-state index in [-0.39, 0.29) is 23.3 Å². The van der Waals surface area contributed by atoms with Gasteiger partial charge in [-0.25, -0.2) is 0 Å². The number of methoxy groups -OCH3 is 1. The van der Waals surface area contributed by atoms with E-state index in [1.165, 1.54) is 19.3 Å². The normalized spacial score (nSPS) is 54.7. The highest BCUT2D eigenvalue weighted by Gasteiger charge is 2.74. The van der Waals surface area contributed by atoms with Crippen LogP contribution in [-0.2, 0) is 23.7 Å². The molecule has 8 atom stereocenters. The van der Waals surface area contributed by atoms with Crippen molar-refractivity contribution in [3.63, 3.8) is 0 Å². The molecule has 29 heavy (non-hydrogen) atoms. The van der Waals surface area contributed by atoms with Gasteiger partial charge in [-0.05, 0) is 67.6 Å². The van der Waals surface area contributed by atoms with Gasteiger partial charge in [0, 0.05) is 18.3 Å². The molecule has 0 aromatic rings. The number of fused-ring (bicyclic) bond motifs is 4. The van der Waals surface area contributed by atoms with E-state index in [0.29, 0.717) is 35.7 Å². The summed E-state index contributed by atoms with van der Waals surface area (Å²) in [4.78, 5) is 12.9. The Morgan fingerprint density at radius 1 is 1.00 bits per heavy atom. The Balaban J connectivity index is 1.33. The third-order valence-electron chi connectivity index (χ3n) is 11.0. The molecule has 0 bridgehead atoms. The minimum Gasteiger partial charge on any atom is -0.469 e. The van der Waals surface area contributed by atoms with Gasteiger partial charge in [0.05, 0.1) is 38.4 Å². The molecule has 4 aliphatic carbocycles. The third kappa shape index (κ3) is 2.15. The van der Waals surface area contributed by atoms with Crippen LogP contribution in [0.4, 0.5) is 0 Å². The fraction of sp³-hybridized carbons (Fsp3) is 0.958. The maximum atomic E-state index is 12.9. The Kier molecular flexibility index (Phi) is 3.93. The number of hydrogen-bond acceptors (Lipinski definition) is 5. The lowest BCUT2D eigenvalue weighted by Gasteiger charge is -2.62. The van der Waals surface area contributed by atoms with E-state index >= 15 is 0 Å². The van der Waals surface area contributed by atoms with Crippen molar-refractivity contribution < 1.29 is 23.7 Å². The molecule has 6 fully saturated rings. The largest absolute Gasteiger partial charge is 0.469 e. The molecule has 0 unspecified atom stereocenters. The van der Waals surface area contributed by atoms with Crippen LogP contribution in [0.5, 0.6) is 0 Å². The quantitative estimate of drug-likeness (QED) is 0.620. The fourth-order valence-corrected chi connectivity index (χ4v) is 9.36. The zero-order valence-electron chi connectivity index (χ0n) is 18.2. The van der Waals surface area contributed by atoms with E-state index in [9.17, 15) is 4.79 Å². The average molecular weight is 405 g/mol. The number of carbonyl (C=O) groups excluding carboxylic acids is 1. The molecule has 0 aromatic heterocycles. The Hall–Kier alpha value is -0.650. The van der Waals surface area contributed by atoms with Crippen molar-refractivity contribution in [2.24, 2.45) is 39.9 Å². The third-order valence-corrected chi connectivity index (χ3v) is 11.0. The lowest BCUT2D eigenvalue weighted by atomic mass is 9.43. The number of rotatable bonds is 1. The van der Waals surface area contributed by atoms with Crippen LogP contribution in [0.25, 0.3) is 0 Å². The fourth-order valence-electron chi connectivity index (χ4n) is 9.36. The van der Waals surface area contributed by atoms with E-state index in [1.807, 2.05) is 0 Å². The lowest BCUT2D eigenvalue weighted by molar-refractivity contribution is -0.234. The summed E-state index contributed by atoms with van der Waals surface area (Å²) in [7, 11) is 1.55. The SMILES string of the molecule is COC(=O)[C@@]12CC[C@H]3[C@@H]4CC[C@@H]5CC6(CC[C@]5(C)[C@H]4C[C@H](OC1)[C@@]32C)OCCO6. The molecule has 2 heterocycles. The molecular formula is C24H36O5. The molecule has 1 spiro atoms. The first-order valence-electron chi connectivity index (χ1n) is 11.9. The Labute approximate surface area is 174 Å². The highest BCUT2D eigenvalue weighted by atomic mass is 16.7. The van der Waals surface area contributed by atoms with Crippen molar-refractivity contribution in [3.8, 4) is 0 Å². The second-order valence-electron chi connectivity index (χ2n) is 11.4. The first kappa shape index (κ1) is 19.1. The minimum atomic E-state index is -0.415. The van der Waals surface area contributed by atoms with Gasteiger partial charge in [0.1, 0.15) is 0 Å². The van der Waals surface area contributed by atoms with E-state index in [1.54, 1.807) is 7.11 Å². The van der Waals surface area contributed by atoms with Crippen LogP contribution in [0, 0.1) is 39.9 Å². The van der Waals surface area contributed by atoms with Crippen molar-refractivity contribution in [3.05, 3.63) is 0 Å². The van der Waals surface area contributed by atoms with Crippen LogP contribution >= 0.6 is 0 Å². The topological polar surface area (TPSA) is 54.0 Å². The van der Waals surface area contributed by atoms with Crippen molar-refractivity contribution in [1.82, 2.24) is 0 Å². The maximum absolute atomic E-state index is 12.9. The molecule has 0 aromatic carbocycles. The first-order chi connectivity index (χ1) is 13.9. The summed E-state index contributed by atoms with van der Waals surface area (Å²) in [6.45, 7) is 6.97. The molecule has 2 aliphatic heterocycles. The van der Waals surface area contributed by atoms with Crippen LogP contribution in [0.1, 0.15) is 65.2 Å². The summed E-state index contributed by atoms with van der Waals surface area (Å²) in [6.07, 6.45) is 9.24. The van der Waals surface area contributed by atoms with Crippen molar-refractivity contribution >= 4 is 5.97 Å². The molecule has 5 heteroatoms. The van der Waals surface area contributed by atoms with Crippen LogP contribution in [0.3, 0.4) is 0 Å². The molecule has 2 saturated heterocycles. The van der Waals surface area contributed by atoms with Crippen molar-refractivity contribution in [2.45, 2.75) is 77.1 Å². The second kappa shape index (κ2) is 5.98. The molecule has 5 nitrogen and oxygen atoms in total. The Morgan fingerprint density at radius 2 is 1.79 bits per heavy atom. The van der Waals surface area contributed by atoms with Gasteiger partial charge in [-0.2, -0.15) is 0 Å².